The summed E-state index contributed by atoms with van der Waals surface area (Å²) in [6.07, 6.45) is 4.64. The maximum atomic E-state index is 4.22. The molecule has 5 nitrogen and oxygen atoms in total. The number of hydrogen-bond acceptors (Lipinski definition) is 5. The van der Waals surface area contributed by atoms with E-state index in [4.69, 9.17) is 0 Å². The third-order valence-electron chi connectivity index (χ3n) is 1.91. The number of nitrogens with one attached hydrogen (secondary N) is 1. The molecule has 0 amide bonds. The summed E-state index contributed by atoms with van der Waals surface area (Å²) in [5.41, 5.74) is 1.71. The Morgan fingerprint density at radius 2 is 2.50 bits per heavy atom. The van der Waals surface area contributed by atoms with E-state index in [-0.39, 0.29) is 0 Å². The SMILES string of the molecule is Cn1ccnc1CCNc1nncs1. The second kappa shape index (κ2) is 4.19. The Morgan fingerprint density at radius 1 is 1.57 bits per heavy atom. The highest BCUT2D eigenvalue weighted by molar-refractivity contribution is 7.13. The monoisotopic (exact) mass is 209 g/mol. The van der Waals surface area contributed by atoms with Crippen LogP contribution in [0.3, 0.4) is 0 Å². The van der Waals surface area contributed by atoms with E-state index in [1.54, 1.807) is 11.7 Å². The molecule has 2 aromatic heterocycles. The number of aromatic nitrogens is 4. The van der Waals surface area contributed by atoms with Crippen LogP contribution in [-0.4, -0.2) is 26.3 Å². The molecule has 2 rings (SSSR count). The van der Waals surface area contributed by atoms with Crippen molar-refractivity contribution in [1.82, 2.24) is 19.7 Å². The van der Waals surface area contributed by atoms with Crippen LogP contribution in [0.4, 0.5) is 5.13 Å². The molecular formula is C8H11N5S. The van der Waals surface area contributed by atoms with Gasteiger partial charge in [-0.15, -0.1) is 10.2 Å². The van der Waals surface area contributed by atoms with Crippen molar-refractivity contribution in [1.29, 1.82) is 0 Å². The molecule has 0 atom stereocenters. The van der Waals surface area contributed by atoms with E-state index in [0.717, 1.165) is 23.9 Å². The lowest BCUT2D eigenvalue weighted by Gasteiger charge is -2.01. The molecule has 0 radical (unpaired) electrons. The van der Waals surface area contributed by atoms with Crippen molar-refractivity contribution < 1.29 is 0 Å². The van der Waals surface area contributed by atoms with Gasteiger partial charge in [0.25, 0.3) is 0 Å². The zero-order valence-electron chi connectivity index (χ0n) is 7.84. The highest BCUT2D eigenvalue weighted by Crippen LogP contribution is 2.07. The first-order chi connectivity index (χ1) is 6.86. The minimum Gasteiger partial charge on any atom is -0.360 e. The van der Waals surface area contributed by atoms with Crippen LogP contribution in [0.15, 0.2) is 17.9 Å². The highest BCUT2D eigenvalue weighted by atomic mass is 32.1. The van der Waals surface area contributed by atoms with Gasteiger partial charge in [0.05, 0.1) is 0 Å². The van der Waals surface area contributed by atoms with Crippen molar-refractivity contribution >= 4 is 16.5 Å². The fraction of sp³-hybridized carbons (Fsp3) is 0.375. The van der Waals surface area contributed by atoms with Crippen LogP contribution < -0.4 is 5.32 Å². The molecule has 0 saturated heterocycles. The molecule has 0 bridgehead atoms. The number of anilines is 1. The van der Waals surface area contributed by atoms with Gasteiger partial charge >= 0.3 is 0 Å². The molecule has 74 valence electrons. The standard InChI is InChI=1S/C8H11N5S/c1-13-5-4-9-7(13)2-3-10-8-12-11-6-14-8/h4-6H,2-3H2,1H3,(H,10,12). The van der Waals surface area contributed by atoms with Crippen LogP contribution in [0.1, 0.15) is 5.82 Å². The molecule has 0 spiro atoms. The Balaban J connectivity index is 1.81. The first-order valence-electron chi connectivity index (χ1n) is 4.32. The quantitative estimate of drug-likeness (QED) is 0.813. The zero-order valence-corrected chi connectivity index (χ0v) is 8.66. The van der Waals surface area contributed by atoms with Crippen molar-refractivity contribution in [2.45, 2.75) is 6.42 Å². The summed E-state index contributed by atoms with van der Waals surface area (Å²) >= 11 is 1.50. The number of aryl methyl sites for hydroxylation is 1. The van der Waals surface area contributed by atoms with E-state index in [2.05, 4.69) is 20.5 Å². The number of nitrogens with zero attached hydrogens (tertiary/aromatic N) is 4. The molecule has 0 aliphatic rings. The van der Waals surface area contributed by atoms with E-state index in [9.17, 15) is 0 Å². The molecule has 0 saturated carbocycles. The third-order valence-corrected chi connectivity index (χ3v) is 2.55. The molecule has 0 aliphatic carbocycles. The molecular weight excluding hydrogens is 198 g/mol. The molecule has 14 heavy (non-hydrogen) atoms. The van der Waals surface area contributed by atoms with Gasteiger partial charge in [-0.1, -0.05) is 11.3 Å². The van der Waals surface area contributed by atoms with Crippen LogP contribution in [-0.2, 0) is 13.5 Å². The minimum absolute atomic E-state index is 0.833. The summed E-state index contributed by atoms with van der Waals surface area (Å²) in [6.45, 7) is 0.833. The van der Waals surface area contributed by atoms with Gasteiger partial charge in [0, 0.05) is 32.4 Å². The largest absolute Gasteiger partial charge is 0.360 e. The second-order valence-corrected chi connectivity index (χ2v) is 3.71. The van der Waals surface area contributed by atoms with Crippen molar-refractivity contribution in [2.24, 2.45) is 7.05 Å². The van der Waals surface area contributed by atoms with Crippen LogP contribution in [0, 0.1) is 0 Å². The second-order valence-electron chi connectivity index (χ2n) is 2.88. The molecule has 0 aromatic carbocycles. The molecule has 2 heterocycles. The smallest absolute Gasteiger partial charge is 0.205 e. The number of rotatable bonds is 4. The van der Waals surface area contributed by atoms with Crippen molar-refractivity contribution in [2.75, 3.05) is 11.9 Å². The Labute approximate surface area is 85.8 Å². The topological polar surface area (TPSA) is 55.6 Å². The third kappa shape index (κ3) is 2.08. The van der Waals surface area contributed by atoms with Crippen LogP contribution in [0.25, 0.3) is 0 Å². The fourth-order valence-electron chi connectivity index (χ4n) is 1.17. The zero-order chi connectivity index (χ0) is 9.80. The highest BCUT2D eigenvalue weighted by Gasteiger charge is 1.99. The van der Waals surface area contributed by atoms with E-state index in [0.29, 0.717) is 0 Å². The van der Waals surface area contributed by atoms with Crippen LogP contribution >= 0.6 is 11.3 Å². The van der Waals surface area contributed by atoms with Crippen molar-refractivity contribution in [3.05, 3.63) is 23.7 Å². The molecule has 6 heteroatoms. The summed E-state index contributed by atoms with van der Waals surface area (Å²) in [7, 11) is 1.99. The van der Waals surface area contributed by atoms with Gasteiger partial charge in [-0.2, -0.15) is 0 Å². The van der Waals surface area contributed by atoms with Crippen LogP contribution in [0.5, 0.6) is 0 Å². The lowest BCUT2D eigenvalue weighted by molar-refractivity contribution is 0.788. The molecule has 0 fully saturated rings. The number of imidazole rings is 1. The van der Waals surface area contributed by atoms with Gasteiger partial charge < -0.3 is 9.88 Å². The maximum absolute atomic E-state index is 4.22. The van der Waals surface area contributed by atoms with Crippen LogP contribution in [0.2, 0.25) is 0 Å². The lowest BCUT2D eigenvalue weighted by Crippen LogP contribution is -2.08. The Bertz CT molecular complexity index is 380. The Morgan fingerprint density at radius 3 is 3.14 bits per heavy atom. The fourth-order valence-corrected chi connectivity index (χ4v) is 1.64. The molecule has 0 unspecified atom stereocenters. The minimum atomic E-state index is 0.833. The van der Waals surface area contributed by atoms with E-state index in [1.807, 2.05) is 17.8 Å². The average molecular weight is 209 g/mol. The maximum Gasteiger partial charge on any atom is 0.205 e. The molecule has 0 aliphatic heterocycles. The van der Waals surface area contributed by atoms with E-state index < -0.39 is 0 Å². The summed E-state index contributed by atoms with van der Waals surface area (Å²) in [5, 5.41) is 11.7. The van der Waals surface area contributed by atoms with Crippen molar-refractivity contribution in [3.8, 4) is 0 Å². The summed E-state index contributed by atoms with van der Waals surface area (Å²) in [6, 6.07) is 0. The number of hydrogen-bond donors (Lipinski definition) is 1. The van der Waals surface area contributed by atoms with Crippen molar-refractivity contribution in [3.63, 3.8) is 0 Å². The predicted molar refractivity (Wildman–Crippen MR) is 55.3 cm³/mol. The predicted octanol–water partition coefficient (Wildman–Crippen LogP) is 0.926. The van der Waals surface area contributed by atoms with Gasteiger partial charge in [-0.3, -0.25) is 0 Å². The summed E-state index contributed by atoms with van der Waals surface area (Å²) < 4.78 is 2.02. The van der Waals surface area contributed by atoms with E-state index >= 15 is 0 Å². The summed E-state index contributed by atoms with van der Waals surface area (Å²) in [5.74, 6) is 1.07. The average Bonchev–Trinajstić information content (AvgIpc) is 2.78. The van der Waals surface area contributed by atoms with E-state index in [1.165, 1.54) is 11.3 Å². The lowest BCUT2D eigenvalue weighted by atomic mass is 10.4. The normalized spacial score (nSPS) is 10.4. The Kier molecular flexibility index (Phi) is 2.73. The van der Waals surface area contributed by atoms with Gasteiger partial charge in [0.2, 0.25) is 5.13 Å². The van der Waals surface area contributed by atoms with Gasteiger partial charge in [0.15, 0.2) is 0 Å². The molecule has 2 aromatic rings. The first-order valence-corrected chi connectivity index (χ1v) is 5.20. The molecule has 1 N–H and O–H groups in total. The summed E-state index contributed by atoms with van der Waals surface area (Å²) in [4.78, 5) is 4.22. The van der Waals surface area contributed by atoms with Gasteiger partial charge in [-0.25, -0.2) is 4.98 Å². The Hall–Kier alpha value is -1.43. The first kappa shape index (κ1) is 9.14. The van der Waals surface area contributed by atoms with Gasteiger partial charge in [0.1, 0.15) is 11.3 Å². The van der Waals surface area contributed by atoms with Gasteiger partial charge in [-0.05, 0) is 0 Å².